The standard InChI is InChI=1S/C21H23NO3/c1-21(2,3)25-20(24)12-19(23)16-6-4-5-15(11-16)17-9-10-18(22-13-17)14-7-8-14/h4-6,9-11,13-14H,7-8,12H2,1-3H3. The molecule has 0 radical (unpaired) electrons. The van der Waals surface area contributed by atoms with E-state index in [-0.39, 0.29) is 12.2 Å². The van der Waals surface area contributed by atoms with Gasteiger partial charge in [0.1, 0.15) is 12.0 Å². The van der Waals surface area contributed by atoms with Gasteiger partial charge in [0.25, 0.3) is 0 Å². The van der Waals surface area contributed by atoms with Gasteiger partial charge in [-0.05, 0) is 51.3 Å². The Hall–Kier alpha value is -2.49. The van der Waals surface area contributed by atoms with Gasteiger partial charge in [0.2, 0.25) is 0 Å². The number of rotatable bonds is 5. The zero-order valence-electron chi connectivity index (χ0n) is 14.9. The predicted molar refractivity (Wildman–Crippen MR) is 96.4 cm³/mol. The normalized spacial score (nSPS) is 14.2. The van der Waals surface area contributed by atoms with E-state index in [2.05, 4.69) is 11.1 Å². The number of ketones is 1. The molecule has 4 heteroatoms. The van der Waals surface area contributed by atoms with Crippen LogP contribution in [0.1, 0.15) is 62.0 Å². The van der Waals surface area contributed by atoms with Crippen molar-refractivity contribution in [3.63, 3.8) is 0 Å². The highest BCUT2D eigenvalue weighted by atomic mass is 16.6. The Morgan fingerprint density at radius 2 is 1.88 bits per heavy atom. The Labute approximate surface area is 148 Å². The number of nitrogens with zero attached hydrogens (tertiary/aromatic N) is 1. The summed E-state index contributed by atoms with van der Waals surface area (Å²) in [6, 6.07) is 11.4. The molecule has 1 saturated carbocycles. The third-order valence-corrected chi connectivity index (χ3v) is 4.02. The number of pyridine rings is 1. The van der Waals surface area contributed by atoms with E-state index in [0.29, 0.717) is 11.5 Å². The second-order valence-corrected chi connectivity index (χ2v) is 7.51. The van der Waals surface area contributed by atoms with Crippen molar-refractivity contribution in [2.75, 3.05) is 0 Å². The minimum absolute atomic E-state index is 0.237. The van der Waals surface area contributed by atoms with E-state index in [1.807, 2.05) is 24.4 Å². The highest BCUT2D eigenvalue weighted by Gasteiger charge is 2.24. The SMILES string of the molecule is CC(C)(C)OC(=O)CC(=O)c1cccc(-c2ccc(C3CC3)nc2)c1. The minimum atomic E-state index is -0.589. The molecule has 0 N–H and O–H groups in total. The molecule has 3 rings (SSSR count). The first-order valence-electron chi connectivity index (χ1n) is 8.63. The summed E-state index contributed by atoms with van der Waals surface area (Å²) < 4.78 is 5.22. The molecule has 0 amide bonds. The predicted octanol–water partition coefficient (Wildman–Crippen LogP) is 4.54. The molecular formula is C21H23NO3. The second-order valence-electron chi connectivity index (χ2n) is 7.51. The zero-order chi connectivity index (χ0) is 18.0. The smallest absolute Gasteiger partial charge is 0.314 e. The molecule has 130 valence electrons. The third-order valence-electron chi connectivity index (χ3n) is 4.02. The highest BCUT2D eigenvalue weighted by Crippen LogP contribution is 2.39. The van der Waals surface area contributed by atoms with E-state index in [1.165, 1.54) is 12.8 Å². The molecule has 1 heterocycles. The Balaban J connectivity index is 1.72. The van der Waals surface area contributed by atoms with Crippen molar-refractivity contribution >= 4 is 11.8 Å². The molecule has 25 heavy (non-hydrogen) atoms. The second kappa shape index (κ2) is 6.79. The van der Waals surface area contributed by atoms with Crippen molar-refractivity contribution in [1.29, 1.82) is 0 Å². The number of carbonyl (C=O) groups excluding carboxylic acids is 2. The van der Waals surface area contributed by atoms with Crippen molar-refractivity contribution in [2.45, 2.75) is 51.6 Å². The fraction of sp³-hybridized carbons (Fsp3) is 0.381. The molecule has 0 unspecified atom stereocenters. The first-order valence-corrected chi connectivity index (χ1v) is 8.63. The van der Waals surface area contributed by atoms with Crippen LogP contribution in [0.4, 0.5) is 0 Å². The van der Waals surface area contributed by atoms with E-state index >= 15 is 0 Å². The van der Waals surface area contributed by atoms with E-state index in [4.69, 9.17) is 4.74 Å². The van der Waals surface area contributed by atoms with Crippen molar-refractivity contribution in [2.24, 2.45) is 0 Å². The number of ether oxygens (including phenoxy) is 1. The number of hydrogen-bond acceptors (Lipinski definition) is 4. The molecule has 4 nitrogen and oxygen atoms in total. The van der Waals surface area contributed by atoms with Gasteiger partial charge < -0.3 is 4.74 Å². The molecule has 0 saturated heterocycles. The van der Waals surface area contributed by atoms with Crippen LogP contribution in [0.15, 0.2) is 42.6 Å². The van der Waals surface area contributed by atoms with Crippen molar-refractivity contribution in [1.82, 2.24) is 4.98 Å². The number of Topliss-reactive ketones (excluding diaryl/α,β-unsaturated/α-hetero) is 1. The Bertz CT molecular complexity index is 784. The monoisotopic (exact) mass is 337 g/mol. The summed E-state index contributed by atoms with van der Waals surface area (Å²) in [7, 11) is 0. The number of benzene rings is 1. The highest BCUT2D eigenvalue weighted by molar-refractivity contribution is 6.06. The summed E-state index contributed by atoms with van der Waals surface area (Å²) in [4.78, 5) is 28.7. The lowest BCUT2D eigenvalue weighted by Gasteiger charge is -2.19. The van der Waals surface area contributed by atoms with Crippen LogP contribution in [0.5, 0.6) is 0 Å². The van der Waals surface area contributed by atoms with Crippen molar-refractivity contribution in [3.8, 4) is 11.1 Å². The topological polar surface area (TPSA) is 56.3 Å². The van der Waals surface area contributed by atoms with Gasteiger partial charge in [-0.25, -0.2) is 0 Å². The summed E-state index contributed by atoms with van der Waals surface area (Å²) in [6.45, 7) is 5.36. The Kier molecular flexibility index (Phi) is 4.71. The lowest BCUT2D eigenvalue weighted by molar-refractivity contribution is -0.153. The van der Waals surface area contributed by atoms with Crippen molar-refractivity contribution in [3.05, 3.63) is 53.9 Å². The van der Waals surface area contributed by atoms with Gasteiger partial charge in [-0.3, -0.25) is 14.6 Å². The molecule has 0 spiro atoms. The van der Waals surface area contributed by atoms with Crippen LogP contribution < -0.4 is 0 Å². The summed E-state index contributed by atoms with van der Waals surface area (Å²) in [5.41, 5.74) is 2.95. The lowest BCUT2D eigenvalue weighted by Crippen LogP contribution is -2.25. The maximum Gasteiger partial charge on any atom is 0.314 e. The van der Waals surface area contributed by atoms with Gasteiger partial charge in [-0.2, -0.15) is 0 Å². The first-order chi connectivity index (χ1) is 11.8. The van der Waals surface area contributed by atoms with Crippen LogP contribution in [-0.2, 0) is 9.53 Å². The van der Waals surface area contributed by atoms with Crippen LogP contribution in [0, 0.1) is 0 Å². The minimum Gasteiger partial charge on any atom is -0.460 e. The molecule has 1 aliphatic rings. The van der Waals surface area contributed by atoms with Gasteiger partial charge in [0.05, 0.1) is 0 Å². The number of hydrogen-bond donors (Lipinski definition) is 0. The number of esters is 1. The average Bonchev–Trinajstić information content (AvgIpc) is 3.38. The number of aromatic nitrogens is 1. The fourth-order valence-electron chi connectivity index (χ4n) is 2.68. The van der Waals surface area contributed by atoms with Gasteiger partial charge in [-0.1, -0.05) is 24.3 Å². The zero-order valence-corrected chi connectivity index (χ0v) is 14.9. The van der Waals surface area contributed by atoms with Crippen LogP contribution >= 0.6 is 0 Å². The largest absolute Gasteiger partial charge is 0.460 e. The molecule has 2 aromatic rings. The Morgan fingerprint density at radius 1 is 1.12 bits per heavy atom. The van der Waals surface area contributed by atoms with Gasteiger partial charge in [-0.15, -0.1) is 0 Å². The molecule has 1 aromatic carbocycles. The third kappa shape index (κ3) is 4.75. The summed E-state index contributed by atoms with van der Waals surface area (Å²) in [5, 5.41) is 0. The Morgan fingerprint density at radius 3 is 2.48 bits per heavy atom. The quantitative estimate of drug-likeness (QED) is 0.456. The van der Waals surface area contributed by atoms with Gasteiger partial charge in [0, 0.05) is 28.9 Å². The lowest BCUT2D eigenvalue weighted by atomic mass is 10.0. The summed E-state index contributed by atoms with van der Waals surface area (Å²) in [5.74, 6) is -0.118. The van der Waals surface area contributed by atoms with Gasteiger partial charge in [0.15, 0.2) is 5.78 Å². The molecule has 1 aromatic heterocycles. The molecule has 1 fully saturated rings. The summed E-state index contributed by atoms with van der Waals surface area (Å²) >= 11 is 0. The van der Waals surface area contributed by atoms with E-state index in [1.54, 1.807) is 32.9 Å². The van der Waals surface area contributed by atoms with Crippen LogP contribution in [-0.4, -0.2) is 22.3 Å². The van der Waals surface area contributed by atoms with Crippen LogP contribution in [0.2, 0.25) is 0 Å². The maximum atomic E-state index is 12.4. The molecule has 0 atom stereocenters. The molecule has 0 bridgehead atoms. The van der Waals surface area contributed by atoms with E-state index in [0.717, 1.165) is 16.8 Å². The molecular weight excluding hydrogens is 314 g/mol. The van der Waals surface area contributed by atoms with Crippen molar-refractivity contribution < 1.29 is 14.3 Å². The fourth-order valence-corrected chi connectivity index (χ4v) is 2.68. The van der Waals surface area contributed by atoms with Gasteiger partial charge >= 0.3 is 5.97 Å². The van der Waals surface area contributed by atoms with Crippen LogP contribution in [0.25, 0.3) is 11.1 Å². The average molecular weight is 337 g/mol. The molecule has 0 aliphatic heterocycles. The molecule has 1 aliphatic carbocycles. The first kappa shape index (κ1) is 17.3. The number of carbonyl (C=O) groups is 2. The summed E-state index contributed by atoms with van der Waals surface area (Å²) in [6.07, 6.45) is 4.05. The van der Waals surface area contributed by atoms with E-state index < -0.39 is 11.6 Å². The van der Waals surface area contributed by atoms with Crippen LogP contribution in [0.3, 0.4) is 0 Å². The maximum absolute atomic E-state index is 12.4. The van der Waals surface area contributed by atoms with E-state index in [9.17, 15) is 9.59 Å².